The predicted octanol–water partition coefficient (Wildman–Crippen LogP) is 7.10. The van der Waals surface area contributed by atoms with Crippen LogP contribution in [0.5, 0.6) is 0 Å². The molecule has 0 unspecified atom stereocenters. The Kier molecular flexibility index (Phi) is 3.53. The van der Waals surface area contributed by atoms with Crippen LogP contribution in [0.15, 0.2) is 60.9 Å². The van der Waals surface area contributed by atoms with Crippen molar-refractivity contribution in [2.24, 2.45) is 7.05 Å². The summed E-state index contributed by atoms with van der Waals surface area (Å²) >= 11 is 0. The number of para-hydroxylation sites is 1. The Morgan fingerprint density at radius 1 is 0.788 bits per heavy atom. The van der Waals surface area contributed by atoms with Crippen LogP contribution in [0.2, 0.25) is 0 Å². The molecule has 0 saturated heterocycles. The van der Waals surface area contributed by atoms with E-state index in [1.807, 2.05) is 6.33 Å². The number of pyridine rings is 1. The van der Waals surface area contributed by atoms with Crippen LogP contribution < -0.4 is 4.57 Å². The number of rotatable bonds is 1. The lowest BCUT2D eigenvalue weighted by atomic mass is 9.91. The summed E-state index contributed by atoms with van der Waals surface area (Å²) in [6.45, 7) is 9.15. The summed E-state index contributed by atoms with van der Waals surface area (Å²) in [6.07, 6.45) is 1.99. The molecule has 33 heavy (non-hydrogen) atoms. The van der Waals surface area contributed by atoms with Gasteiger partial charge >= 0.3 is 0 Å². The van der Waals surface area contributed by atoms with E-state index in [2.05, 4.69) is 98.3 Å². The third-order valence-electron chi connectivity index (χ3n) is 7.69. The Morgan fingerprint density at radius 3 is 2.18 bits per heavy atom. The highest BCUT2D eigenvalue weighted by atomic mass is 15.0. The number of aryl methyl sites for hydroxylation is 3. The lowest BCUT2D eigenvalue weighted by molar-refractivity contribution is -0.646. The molecule has 0 atom stereocenters. The van der Waals surface area contributed by atoms with Crippen LogP contribution in [0.25, 0.3) is 59.9 Å². The van der Waals surface area contributed by atoms with Crippen molar-refractivity contribution in [1.29, 1.82) is 0 Å². The summed E-state index contributed by atoms with van der Waals surface area (Å²) in [4.78, 5) is 4.92. The van der Waals surface area contributed by atoms with Crippen molar-refractivity contribution in [1.82, 2.24) is 9.38 Å². The van der Waals surface area contributed by atoms with Gasteiger partial charge in [-0.05, 0) is 64.3 Å². The van der Waals surface area contributed by atoms with Crippen LogP contribution in [0.3, 0.4) is 0 Å². The van der Waals surface area contributed by atoms with Crippen LogP contribution in [0.1, 0.15) is 36.5 Å². The van der Waals surface area contributed by atoms with Crippen molar-refractivity contribution < 1.29 is 4.57 Å². The molecule has 0 aliphatic rings. The molecule has 0 fully saturated rings. The molecule has 160 valence electrons. The largest absolute Gasteiger partial charge is 0.307 e. The molecule has 3 heterocycles. The van der Waals surface area contributed by atoms with Crippen molar-refractivity contribution >= 4 is 59.9 Å². The zero-order valence-electron chi connectivity index (χ0n) is 19.7. The van der Waals surface area contributed by atoms with Gasteiger partial charge in [-0.15, -0.1) is 0 Å². The topological polar surface area (TPSA) is 21.2 Å². The molecule has 3 heteroatoms. The first kappa shape index (κ1) is 18.8. The standard InChI is InChI=1S/C30H26N3/c1-16(2)22-14-23-27-29(32(5)15-31-23)25-17(3)19-10-6-7-11-20(19)18(4)28(25)33-24-13-9-8-12-21(24)26(22)30(27)33/h6-16H,1-5H3/q+1. The molecular formula is C30H26N3+. The van der Waals surface area contributed by atoms with Crippen LogP contribution in [0, 0.1) is 13.8 Å². The van der Waals surface area contributed by atoms with E-state index in [-0.39, 0.29) is 0 Å². The van der Waals surface area contributed by atoms with Gasteiger partial charge in [0, 0.05) is 10.8 Å². The third kappa shape index (κ3) is 2.15. The van der Waals surface area contributed by atoms with Gasteiger partial charge in [-0.25, -0.2) is 4.57 Å². The van der Waals surface area contributed by atoms with Crippen LogP contribution in [0.4, 0.5) is 0 Å². The Balaban J connectivity index is 2.00. The number of nitrogens with zero attached hydrogens (tertiary/aromatic N) is 3. The highest BCUT2D eigenvalue weighted by molar-refractivity contribution is 6.29. The second-order valence-corrected chi connectivity index (χ2v) is 9.81. The molecule has 7 rings (SSSR count). The molecule has 4 aromatic carbocycles. The fourth-order valence-corrected chi connectivity index (χ4v) is 6.22. The average Bonchev–Trinajstić information content (AvgIpc) is 3.17. The molecule has 3 nitrogen and oxygen atoms in total. The van der Waals surface area contributed by atoms with Gasteiger partial charge in [0.2, 0.25) is 0 Å². The maximum atomic E-state index is 4.92. The Hall–Kier alpha value is -3.72. The van der Waals surface area contributed by atoms with Crippen molar-refractivity contribution in [2.45, 2.75) is 33.6 Å². The van der Waals surface area contributed by atoms with Gasteiger partial charge in [-0.1, -0.05) is 56.3 Å². The van der Waals surface area contributed by atoms with Crippen LogP contribution in [-0.2, 0) is 7.05 Å². The monoisotopic (exact) mass is 428 g/mol. The molecular weight excluding hydrogens is 402 g/mol. The smallest absolute Gasteiger partial charge is 0.287 e. The van der Waals surface area contributed by atoms with Gasteiger partial charge in [0.15, 0.2) is 5.52 Å². The number of fused-ring (bicyclic) bond motifs is 7. The molecule has 0 amide bonds. The second-order valence-electron chi connectivity index (χ2n) is 9.81. The Bertz CT molecular complexity index is 1920. The van der Waals surface area contributed by atoms with Gasteiger partial charge in [-0.2, -0.15) is 0 Å². The maximum absolute atomic E-state index is 4.92. The summed E-state index contributed by atoms with van der Waals surface area (Å²) in [5, 5.41) is 7.95. The zero-order valence-corrected chi connectivity index (χ0v) is 19.7. The summed E-state index contributed by atoms with van der Waals surface area (Å²) in [7, 11) is 2.13. The van der Waals surface area contributed by atoms with E-state index in [4.69, 9.17) is 4.98 Å². The van der Waals surface area contributed by atoms with Gasteiger partial charge in [-0.3, -0.25) is 0 Å². The summed E-state index contributed by atoms with van der Waals surface area (Å²) < 4.78 is 4.76. The molecule has 0 bridgehead atoms. The first-order chi connectivity index (χ1) is 16.0. The molecule has 0 spiro atoms. The summed E-state index contributed by atoms with van der Waals surface area (Å²) in [6, 6.07) is 20.1. The van der Waals surface area contributed by atoms with Gasteiger partial charge in [0.25, 0.3) is 6.33 Å². The Morgan fingerprint density at radius 2 is 1.45 bits per heavy atom. The van der Waals surface area contributed by atoms with E-state index in [9.17, 15) is 0 Å². The molecule has 0 aliphatic heterocycles. The molecule has 0 saturated carbocycles. The number of hydrogen-bond donors (Lipinski definition) is 0. The SMILES string of the molecule is Cc1c2ccccc2c(C)c2c1c1c3c(cc(C(C)C)c4c5ccccc5n2c43)nc[n+]1C. The molecule has 0 aliphatic carbocycles. The maximum Gasteiger partial charge on any atom is 0.287 e. The lowest BCUT2D eigenvalue weighted by Gasteiger charge is -2.18. The third-order valence-corrected chi connectivity index (χ3v) is 7.69. The van der Waals surface area contributed by atoms with Gasteiger partial charge in [0.05, 0.1) is 34.4 Å². The highest BCUT2D eigenvalue weighted by Gasteiger charge is 2.28. The quantitative estimate of drug-likeness (QED) is 0.155. The molecule has 3 aromatic heterocycles. The minimum atomic E-state index is 0.411. The van der Waals surface area contributed by atoms with Crippen molar-refractivity contribution in [2.75, 3.05) is 0 Å². The molecule has 0 N–H and O–H groups in total. The predicted molar refractivity (Wildman–Crippen MR) is 139 cm³/mol. The number of aromatic nitrogens is 3. The van der Waals surface area contributed by atoms with Crippen molar-refractivity contribution in [3.8, 4) is 0 Å². The fourth-order valence-electron chi connectivity index (χ4n) is 6.22. The molecule has 7 aromatic rings. The minimum Gasteiger partial charge on any atom is -0.307 e. The Labute approximate surface area is 192 Å². The summed E-state index contributed by atoms with van der Waals surface area (Å²) in [5.41, 5.74) is 10.3. The van der Waals surface area contributed by atoms with E-state index in [1.54, 1.807) is 0 Å². The minimum absolute atomic E-state index is 0.411. The first-order valence-electron chi connectivity index (χ1n) is 11.8. The summed E-state index contributed by atoms with van der Waals surface area (Å²) in [5.74, 6) is 0.411. The average molecular weight is 429 g/mol. The number of benzene rings is 4. The lowest BCUT2D eigenvalue weighted by Crippen LogP contribution is -2.30. The zero-order chi connectivity index (χ0) is 22.6. The molecule has 0 radical (unpaired) electrons. The van der Waals surface area contributed by atoms with Crippen molar-refractivity contribution in [3.05, 3.63) is 77.6 Å². The van der Waals surface area contributed by atoms with E-state index in [0.29, 0.717) is 5.92 Å². The number of hydrogen-bond acceptors (Lipinski definition) is 1. The van der Waals surface area contributed by atoms with Crippen molar-refractivity contribution in [3.63, 3.8) is 0 Å². The normalized spacial score (nSPS) is 12.7. The van der Waals surface area contributed by atoms with Crippen LogP contribution in [-0.4, -0.2) is 9.38 Å². The van der Waals surface area contributed by atoms with E-state index < -0.39 is 0 Å². The van der Waals surface area contributed by atoms with E-state index in [1.165, 1.54) is 71.1 Å². The second kappa shape index (κ2) is 6.20. The van der Waals surface area contributed by atoms with Gasteiger partial charge in [0.1, 0.15) is 5.52 Å². The first-order valence-corrected chi connectivity index (χ1v) is 11.8. The van der Waals surface area contributed by atoms with Gasteiger partial charge < -0.3 is 4.40 Å². The van der Waals surface area contributed by atoms with E-state index in [0.717, 1.165) is 5.52 Å². The van der Waals surface area contributed by atoms with Crippen LogP contribution >= 0.6 is 0 Å². The highest BCUT2D eigenvalue weighted by Crippen LogP contribution is 2.45. The fraction of sp³-hybridized carbons (Fsp3) is 0.200. The van der Waals surface area contributed by atoms with E-state index >= 15 is 0 Å².